The molecule has 4 aliphatic rings. The summed E-state index contributed by atoms with van der Waals surface area (Å²) in [6, 6.07) is 5.51. The average Bonchev–Trinajstić information content (AvgIpc) is 3.38. The summed E-state index contributed by atoms with van der Waals surface area (Å²) in [4.78, 5) is 15.3. The van der Waals surface area contributed by atoms with Gasteiger partial charge in [-0.1, -0.05) is 31.9 Å². The normalized spacial score (nSPS) is 40.8. The van der Waals surface area contributed by atoms with E-state index < -0.39 is 0 Å². The highest BCUT2D eigenvalue weighted by Crippen LogP contribution is 2.68. The highest BCUT2D eigenvalue weighted by molar-refractivity contribution is 6.31. The lowest BCUT2D eigenvalue weighted by Crippen LogP contribution is -2.56. The molecule has 4 unspecified atom stereocenters. The number of ether oxygens (including phenoxy) is 1. The first kappa shape index (κ1) is 23.9. The van der Waals surface area contributed by atoms with E-state index in [-0.39, 0.29) is 17.9 Å². The Bertz CT molecular complexity index is 1120. The molecule has 0 saturated heterocycles. The van der Waals surface area contributed by atoms with Gasteiger partial charge in [-0.05, 0) is 110 Å². The Hall–Kier alpha value is -1.46. The zero-order chi connectivity index (χ0) is 24.4. The third-order valence-corrected chi connectivity index (χ3v) is 11.3. The van der Waals surface area contributed by atoms with Crippen molar-refractivity contribution in [2.45, 2.75) is 78.2 Å². The number of aromatic nitrogens is 3. The molecule has 1 heterocycles. The van der Waals surface area contributed by atoms with Gasteiger partial charge in [0, 0.05) is 18.1 Å². The summed E-state index contributed by atoms with van der Waals surface area (Å²) in [7, 11) is 1.91. The number of halogens is 1. The van der Waals surface area contributed by atoms with Crippen molar-refractivity contribution in [2.75, 3.05) is 13.7 Å². The Balaban J connectivity index is 1.22. The lowest BCUT2D eigenvalue weighted by molar-refractivity contribution is -0.154. The number of fused-ring (bicyclic) bond motifs is 6. The van der Waals surface area contributed by atoms with Gasteiger partial charge >= 0.3 is 0 Å². The summed E-state index contributed by atoms with van der Waals surface area (Å²) in [6.07, 6.45) is 11.4. The van der Waals surface area contributed by atoms with Gasteiger partial charge in [0.25, 0.3) is 0 Å². The Morgan fingerprint density at radius 1 is 1.09 bits per heavy atom. The van der Waals surface area contributed by atoms with Crippen LogP contribution in [0.2, 0.25) is 5.02 Å². The quantitative estimate of drug-likeness (QED) is 0.468. The van der Waals surface area contributed by atoms with Crippen LogP contribution >= 0.6 is 11.6 Å². The number of hydrogen-bond donors (Lipinski definition) is 0. The lowest BCUT2D eigenvalue weighted by atomic mass is 9.44. The molecule has 0 amide bonds. The molecule has 190 valence electrons. The molecule has 4 saturated carbocycles. The van der Waals surface area contributed by atoms with Gasteiger partial charge in [-0.15, -0.1) is 0 Å². The number of benzene rings is 1. The van der Waals surface area contributed by atoms with Crippen molar-refractivity contribution in [1.29, 1.82) is 0 Å². The molecule has 0 bridgehead atoms. The summed E-state index contributed by atoms with van der Waals surface area (Å²) in [5.41, 5.74) is 2.02. The minimum atomic E-state index is 0.108. The molecule has 0 N–H and O–H groups in total. The van der Waals surface area contributed by atoms with Crippen LogP contribution in [0.4, 0.5) is 0 Å². The van der Waals surface area contributed by atoms with Crippen LogP contribution < -0.4 is 0 Å². The van der Waals surface area contributed by atoms with Crippen molar-refractivity contribution < 1.29 is 9.53 Å². The van der Waals surface area contributed by atoms with Gasteiger partial charge in [-0.25, -0.2) is 0 Å². The predicted octanol–water partition coefficient (Wildman–Crippen LogP) is 6.58. The van der Waals surface area contributed by atoms with E-state index in [1.807, 2.05) is 25.3 Å². The second-order valence-corrected chi connectivity index (χ2v) is 13.1. The highest BCUT2D eigenvalue weighted by Gasteiger charge is 2.62. The van der Waals surface area contributed by atoms with Crippen LogP contribution in [-0.4, -0.2) is 34.5 Å². The lowest BCUT2D eigenvalue weighted by Gasteiger charge is -2.61. The molecule has 4 fully saturated rings. The van der Waals surface area contributed by atoms with Crippen LogP contribution in [0.25, 0.3) is 11.0 Å². The fourth-order valence-electron chi connectivity index (χ4n) is 9.60. The minimum absolute atomic E-state index is 0.108. The molecule has 5 nitrogen and oxygen atoms in total. The van der Waals surface area contributed by atoms with Crippen molar-refractivity contribution in [1.82, 2.24) is 15.0 Å². The van der Waals surface area contributed by atoms with Crippen LogP contribution in [0, 0.1) is 46.3 Å². The van der Waals surface area contributed by atoms with Gasteiger partial charge in [-0.3, -0.25) is 4.79 Å². The van der Waals surface area contributed by atoms with Crippen molar-refractivity contribution in [3.05, 3.63) is 23.2 Å². The summed E-state index contributed by atoms with van der Waals surface area (Å²) >= 11 is 6.12. The Morgan fingerprint density at radius 2 is 1.91 bits per heavy atom. The maximum atomic E-state index is 13.7. The van der Waals surface area contributed by atoms with E-state index in [2.05, 4.69) is 24.0 Å². The Morgan fingerprint density at radius 3 is 2.74 bits per heavy atom. The first-order valence-corrected chi connectivity index (χ1v) is 14.2. The number of methoxy groups -OCH3 is 1. The first-order chi connectivity index (χ1) is 16.8. The van der Waals surface area contributed by atoms with E-state index in [9.17, 15) is 4.79 Å². The van der Waals surface area contributed by atoms with E-state index in [1.54, 1.807) is 4.80 Å². The van der Waals surface area contributed by atoms with E-state index >= 15 is 0 Å². The summed E-state index contributed by atoms with van der Waals surface area (Å²) in [5.74, 6) is 4.28. The molecule has 6 heteroatoms. The van der Waals surface area contributed by atoms with Crippen molar-refractivity contribution >= 4 is 28.4 Å². The zero-order valence-corrected chi connectivity index (χ0v) is 22.3. The maximum absolute atomic E-state index is 13.7. The van der Waals surface area contributed by atoms with Gasteiger partial charge in [-0.2, -0.15) is 15.0 Å². The molecule has 1 aromatic heterocycles. The molecule has 8 atom stereocenters. The Kier molecular flexibility index (Phi) is 6.03. The monoisotopic (exact) mass is 497 g/mol. The number of rotatable bonds is 5. The molecule has 0 aliphatic heterocycles. The van der Waals surface area contributed by atoms with E-state index in [4.69, 9.17) is 16.3 Å². The van der Waals surface area contributed by atoms with Gasteiger partial charge in [0.15, 0.2) is 5.78 Å². The molecule has 6 rings (SSSR count). The largest absolute Gasteiger partial charge is 0.384 e. The highest BCUT2D eigenvalue weighted by atomic mass is 35.5. The molecule has 0 spiro atoms. The molecule has 2 aromatic rings. The van der Waals surface area contributed by atoms with E-state index in [0.29, 0.717) is 22.1 Å². The summed E-state index contributed by atoms with van der Waals surface area (Å²) < 4.78 is 5.94. The fourth-order valence-corrected chi connectivity index (χ4v) is 9.76. The standard InChI is InChI=1S/C29H40ClN3O2/c1-18-10-13-29(17-35-3)19(14-18)4-6-21-22-7-8-24(28(22,2)12-11-23(21)29)27(34)16-33-31-25-9-5-20(30)15-26(25)32-33/h5,9,15,18-19,21-24H,4,6-8,10-14,16-17H2,1-3H3/t18?,19?,21-,22?,23?,24+,28-,29+/m0/s1. The summed E-state index contributed by atoms with van der Waals surface area (Å²) in [6.45, 7) is 6.08. The number of Topliss-reactive ketones (excluding diaryl/α,β-unsaturated/α-hetero) is 1. The number of ketones is 1. The fraction of sp³-hybridized carbons (Fsp3) is 0.759. The van der Waals surface area contributed by atoms with Gasteiger partial charge in [0.2, 0.25) is 0 Å². The SMILES string of the molecule is COC[C@]12CCC(C)CC1CC[C@@H]1C2CC[C@@]2(C)C1CC[C@@H]2C(=O)Cn1nc2ccc(Cl)cc2n1. The first-order valence-electron chi connectivity index (χ1n) is 13.9. The Labute approximate surface area is 214 Å². The van der Waals surface area contributed by atoms with Gasteiger partial charge < -0.3 is 4.74 Å². The van der Waals surface area contributed by atoms with Crippen LogP contribution in [0.15, 0.2) is 18.2 Å². The second-order valence-electron chi connectivity index (χ2n) is 12.7. The van der Waals surface area contributed by atoms with Crippen LogP contribution in [0.1, 0.15) is 71.6 Å². The second kappa shape index (κ2) is 8.83. The number of nitrogens with zero attached hydrogens (tertiary/aromatic N) is 3. The molecule has 4 aliphatic carbocycles. The third-order valence-electron chi connectivity index (χ3n) is 11.1. The van der Waals surface area contributed by atoms with Crippen LogP contribution in [-0.2, 0) is 16.1 Å². The zero-order valence-electron chi connectivity index (χ0n) is 21.5. The van der Waals surface area contributed by atoms with Crippen molar-refractivity contribution in [3.8, 4) is 0 Å². The smallest absolute Gasteiger partial charge is 0.159 e. The maximum Gasteiger partial charge on any atom is 0.159 e. The molecule has 1 aromatic carbocycles. The summed E-state index contributed by atoms with van der Waals surface area (Å²) in [5, 5.41) is 9.74. The van der Waals surface area contributed by atoms with Crippen molar-refractivity contribution in [3.63, 3.8) is 0 Å². The van der Waals surface area contributed by atoms with E-state index in [0.717, 1.165) is 47.7 Å². The topological polar surface area (TPSA) is 57.0 Å². The van der Waals surface area contributed by atoms with E-state index in [1.165, 1.54) is 51.4 Å². The average molecular weight is 498 g/mol. The van der Waals surface area contributed by atoms with Crippen molar-refractivity contribution in [2.24, 2.45) is 46.3 Å². The molecular formula is C29H40ClN3O2. The van der Waals surface area contributed by atoms with Crippen LogP contribution in [0.5, 0.6) is 0 Å². The van der Waals surface area contributed by atoms with Gasteiger partial charge in [0.05, 0.1) is 6.61 Å². The number of hydrogen-bond acceptors (Lipinski definition) is 4. The minimum Gasteiger partial charge on any atom is -0.384 e. The molecular weight excluding hydrogens is 458 g/mol. The number of carbonyl (C=O) groups is 1. The molecule has 0 radical (unpaired) electrons. The van der Waals surface area contributed by atoms with Gasteiger partial charge in [0.1, 0.15) is 17.6 Å². The van der Waals surface area contributed by atoms with Crippen LogP contribution in [0.3, 0.4) is 0 Å². The number of carbonyl (C=O) groups excluding carboxylic acids is 1. The predicted molar refractivity (Wildman–Crippen MR) is 138 cm³/mol. The molecule has 35 heavy (non-hydrogen) atoms. The third kappa shape index (κ3) is 3.79.